The fourth-order valence-corrected chi connectivity index (χ4v) is 5.16. The van der Waals surface area contributed by atoms with Crippen molar-refractivity contribution in [1.82, 2.24) is 30.1 Å². The van der Waals surface area contributed by atoms with Gasteiger partial charge in [-0.05, 0) is 63.7 Å². The molecule has 6 rings (SSSR count). The van der Waals surface area contributed by atoms with Crippen LogP contribution in [0.1, 0.15) is 41.9 Å². The third-order valence-electron chi connectivity index (χ3n) is 7.19. The lowest BCUT2D eigenvalue weighted by Gasteiger charge is -2.30. The first-order valence-corrected chi connectivity index (χ1v) is 13.2. The van der Waals surface area contributed by atoms with Crippen LogP contribution in [0, 0.1) is 0 Å². The molecule has 2 aromatic heterocycles. The van der Waals surface area contributed by atoms with Crippen molar-refractivity contribution < 1.29 is 14.2 Å². The van der Waals surface area contributed by atoms with Gasteiger partial charge in [0.15, 0.2) is 17.3 Å². The van der Waals surface area contributed by atoms with Crippen LogP contribution in [-0.4, -0.2) is 44.0 Å². The maximum Gasteiger partial charge on any atom is 0.252 e. The number of rotatable bonds is 10. The van der Waals surface area contributed by atoms with Crippen LogP contribution in [-0.2, 0) is 19.6 Å². The van der Waals surface area contributed by atoms with E-state index in [0.29, 0.717) is 30.9 Å². The summed E-state index contributed by atoms with van der Waals surface area (Å²) in [5.41, 5.74) is 3.38. The summed E-state index contributed by atoms with van der Waals surface area (Å²) in [6, 6.07) is 23.5. The number of fused-ring (bicyclic) bond motifs is 2. The van der Waals surface area contributed by atoms with Crippen LogP contribution in [0.15, 0.2) is 77.6 Å². The summed E-state index contributed by atoms with van der Waals surface area (Å²) in [5, 5.41) is 13.7. The zero-order valence-corrected chi connectivity index (χ0v) is 22.4. The van der Waals surface area contributed by atoms with Gasteiger partial charge in [-0.1, -0.05) is 43.3 Å². The van der Waals surface area contributed by atoms with Crippen LogP contribution < -0.4 is 19.8 Å². The lowest BCUT2D eigenvalue weighted by atomic mass is 10.1. The van der Waals surface area contributed by atoms with Crippen molar-refractivity contribution in [1.29, 1.82) is 0 Å². The van der Waals surface area contributed by atoms with Gasteiger partial charge in [-0.15, -0.1) is 5.10 Å². The summed E-state index contributed by atoms with van der Waals surface area (Å²) in [5.74, 6) is 2.89. The Morgan fingerprint density at radius 3 is 2.67 bits per heavy atom. The van der Waals surface area contributed by atoms with E-state index in [9.17, 15) is 4.79 Å². The summed E-state index contributed by atoms with van der Waals surface area (Å²) in [6.45, 7) is 3.81. The molecule has 0 fully saturated rings. The quantitative estimate of drug-likeness (QED) is 0.278. The minimum atomic E-state index is -0.157. The highest BCUT2D eigenvalue weighted by Crippen LogP contribution is 2.34. The van der Waals surface area contributed by atoms with Crippen LogP contribution in [0.4, 0.5) is 0 Å². The molecule has 1 N–H and O–H groups in total. The second kappa shape index (κ2) is 11.2. The molecule has 1 unspecified atom stereocenters. The van der Waals surface area contributed by atoms with Crippen molar-refractivity contribution in [3.63, 3.8) is 0 Å². The molecule has 0 spiro atoms. The lowest BCUT2D eigenvalue weighted by Crippen LogP contribution is -2.32. The van der Waals surface area contributed by atoms with Crippen LogP contribution in [0.25, 0.3) is 10.9 Å². The number of benzene rings is 3. The first-order valence-electron chi connectivity index (χ1n) is 13.2. The topological polar surface area (TPSA) is 107 Å². The van der Waals surface area contributed by atoms with Gasteiger partial charge in [0, 0.05) is 24.7 Å². The number of tetrazole rings is 1. The third kappa shape index (κ3) is 5.26. The highest BCUT2D eigenvalue weighted by Gasteiger charge is 2.27. The van der Waals surface area contributed by atoms with E-state index in [1.54, 1.807) is 7.11 Å². The van der Waals surface area contributed by atoms with E-state index in [-0.39, 0.29) is 18.4 Å². The average molecular weight is 539 g/mol. The molecule has 204 valence electrons. The molecule has 0 saturated carbocycles. The normalized spacial score (nSPS) is 13.2. The number of methoxy groups -OCH3 is 1. The molecule has 0 bridgehead atoms. The number of hydrogen-bond acceptors (Lipinski definition) is 8. The monoisotopic (exact) mass is 538 g/mol. The molecule has 1 aliphatic heterocycles. The van der Waals surface area contributed by atoms with Gasteiger partial charge in [-0.2, -0.15) is 0 Å². The molecule has 0 aliphatic carbocycles. The van der Waals surface area contributed by atoms with Crippen molar-refractivity contribution in [3.05, 3.63) is 106 Å². The first kappa shape index (κ1) is 25.6. The van der Waals surface area contributed by atoms with E-state index in [0.717, 1.165) is 45.8 Å². The Bertz CT molecular complexity index is 1680. The molecule has 0 amide bonds. The standard InChI is InChI=1S/C30H30N6O4/c1-3-26(29-32-33-34-36(29)17-20-7-5-4-6-8-20)35(16-21-9-12-27-28(13-21)40-19-39-27)18-23-14-22-10-11-24(38-2)15-25(22)31-30(23)37/h4-15,26H,3,16-19H2,1-2H3,(H,31,37). The summed E-state index contributed by atoms with van der Waals surface area (Å²) in [6.07, 6.45) is 0.738. The molecular weight excluding hydrogens is 508 g/mol. The van der Waals surface area contributed by atoms with E-state index in [1.165, 1.54) is 0 Å². The minimum absolute atomic E-state index is 0.143. The molecule has 1 atom stereocenters. The van der Waals surface area contributed by atoms with E-state index in [2.05, 4.69) is 44.5 Å². The average Bonchev–Trinajstić information content (AvgIpc) is 3.63. The number of pyridine rings is 1. The van der Waals surface area contributed by atoms with Gasteiger partial charge in [-0.3, -0.25) is 9.69 Å². The number of H-pyrrole nitrogens is 1. The van der Waals surface area contributed by atoms with E-state index >= 15 is 0 Å². The molecule has 5 aromatic rings. The number of aromatic amines is 1. The van der Waals surface area contributed by atoms with Crippen LogP contribution in [0.2, 0.25) is 0 Å². The molecule has 0 radical (unpaired) electrons. The molecule has 3 heterocycles. The molecule has 10 heteroatoms. The number of aromatic nitrogens is 5. The Balaban J connectivity index is 1.37. The summed E-state index contributed by atoms with van der Waals surface area (Å²) < 4.78 is 18.3. The van der Waals surface area contributed by atoms with Crippen molar-refractivity contribution in [3.8, 4) is 17.2 Å². The summed E-state index contributed by atoms with van der Waals surface area (Å²) >= 11 is 0. The minimum Gasteiger partial charge on any atom is -0.497 e. The molecule has 40 heavy (non-hydrogen) atoms. The van der Waals surface area contributed by atoms with Crippen molar-refractivity contribution >= 4 is 10.9 Å². The van der Waals surface area contributed by atoms with Gasteiger partial charge in [0.25, 0.3) is 5.56 Å². The number of nitrogens with one attached hydrogen (secondary N) is 1. The fourth-order valence-electron chi connectivity index (χ4n) is 5.16. The maximum absolute atomic E-state index is 13.3. The Morgan fingerprint density at radius 2 is 1.85 bits per heavy atom. The zero-order chi connectivity index (χ0) is 27.5. The van der Waals surface area contributed by atoms with Crippen LogP contribution in [0.5, 0.6) is 17.2 Å². The van der Waals surface area contributed by atoms with Crippen LogP contribution in [0.3, 0.4) is 0 Å². The van der Waals surface area contributed by atoms with E-state index in [1.807, 2.05) is 65.3 Å². The number of nitrogens with zero attached hydrogens (tertiary/aromatic N) is 5. The van der Waals surface area contributed by atoms with Crippen molar-refractivity contribution in [2.75, 3.05) is 13.9 Å². The summed E-state index contributed by atoms with van der Waals surface area (Å²) in [7, 11) is 1.61. The van der Waals surface area contributed by atoms with Crippen molar-refractivity contribution in [2.24, 2.45) is 0 Å². The largest absolute Gasteiger partial charge is 0.497 e. The Hall–Kier alpha value is -4.70. The molecule has 3 aromatic carbocycles. The lowest BCUT2D eigenvalue weighted by molar-refractivity contribution is 0.161. The zero-order valence-electron chi connectivity index (χ0n) is 22.4. The molecule has 1 aliphatic rings. The van der Waals surface area contributed by atoms with Crippen LogP contribution >= 0.6 is 0 Å². The number of ether oxygens (including phenoxy) is 3. The Labute approximate surface area is 231 Å². The summed E-state index contributed by atoms with van der Waals surface area (Å²) in [4.78, 5) is 18.5. The SMILES string of the molecule is CCC(c1nnnn1Cc1ccccc1)N(Cc1ccc2c(c1)OCO2)Cc1cc2ccc(OC)cc2[nH]c1=O. The van der Waals surface area contributed by atoms with Gasteiger partial charge in [0.2, 0.25) is 6.79 Å². The molecule has 0 saturated heterocycles. The van der Waals surface area contributed by atoms with Gasteiger partial charge in [0.05, 0.1) is 25.2 Å². The van der Waals surface area contributed by atoms with E-state index < -0.39 is 0 Å². The van der Waals surface area contributed by atoms with E-state index in [4.69, 9.17) is 14.2 Å². The van der Waals surface area contributed by atoms with Gasteiger partial charge < -0.3 is 19.2 Å². The predicted molar refractivity (Wildman–Crippen MR) is 149 cm³/mol. The second-order valence-corrected chi connectivity index (χ2v) is 9.77. The van der Waals surface area contributed by atoms with Gasteiger partial charge in [0.1, 0.15) is 5.75 Å². The fraction of sp³-hybridized carbons (Fsp3) is 0.267. The molecular formula is C30H30N6O4. The third-order valence-corrected chi connectivity index (χ3v) is 7.19. The van der Waals surface area contributed by atoms with Gasteiger partial charge >= 0.3 is 0 Å². The Kier molecular flexibility index (Phi) is 7.15. The molecule has 10 nitrogen and oxygen atoms in total. The first-order chi connectivity index (χ1) is 19.6. The smallest absolute Gasteiger partial charge is 0.252 e. The van der Waals surface area contributed by atoms with Gasteiger partial charge in [-0.25, -0.2) is 4.68 Å². The highest BCUT2D eigenvalue weighted by atomic mass is 16.7. The number of hydrogen-bond donors (Lipinski definition) is 1. The second-order valence-electron chi connectivity index (χ2n) is 9.77. The highest BCUT2D eigenvalue weighted by molar-refractivity contribution is 5.80. The van der Waals surface area contributed by atoms with Crippen molar-refractivity contribution in [2.45, 2.75) is 39.0 Å². The maximum atomic E-state index is 13.3. The Morgan fingerprint density at radius 1 is 1.00 bits per heavy atom. The predicted octanol–water partition coefficient (Wildman–Crippen LogP) is 4.45.